The first-order valence-corrected chi connectivity index (χ1v) is 32.5. The standard InChI is InChI=1S/C86H50F6N6/c87-85(88,89)53-19-17-18-51(44-53)52-45-82(97-78-47-54(93-70-28-9-1-20-58(70)59-21-2-10-29-71(59)93)36-40-66(78)67-41-37-55(48-79(67)97)94-72-30-11-3-22-60(72)61-23-4-12-31-73(61)94)84(86(90,91)92)83(46-52)98-80-49-56(95-74-32-13-5-24-62(74)63-25-6-14-33-75(63)95)38-42-68(80)69-43-39-57(50-81(69)98)96-76-34-15-7-26-64(76)65-27-8-16-35-77(65)96/h1-50H. The van der Waals surface area contributed by atoms with Gasteiger partial charge in [0.2, 0.25) is 0 Å². The average Bonchev–Trinajstić information content (AvgIpc) is 1.53. The van der Waals surface area contributed by atoms with Crippen molar-refractivity contribution in [2.75, 3.05) is 0 Å². The smallest absolute Gasteiger partial charge is 0.309 e. The Balaban J connectivity index is 0.962. The number of rotatable bonds is 7. The lowest BCUT2D eigenvalue weighted by molar-refractivity contribution is -0.138. The Bertz CT molecular complexity index is 5870. The van der Waals surface area contributed by atoms with Crippen molar-refractivity contribution in [3.63, 3.8) is 0 Å². The second kappa shape index (κ2) is 20.5. The molecule has 20 rings (SSSR count). The van der Waals surface area contributed by atoms with Crippen molar-refractivity contribution >= 4 is 131 Å². The fourth-order valence-corrected chi connectivity index (χ4v) is 16.2. The molecule has 20 aromatic rings. The number of alkyl halides is 6. The molecule has 0 amide bonds. The normalized spacial score (nSPS) is 12.6. The first-order valence-electron chi connectivity index (χ1n) is 32.5. The van der Waals surface area contributed by atoms with Gasteiger partial charge in [0.25, 0.3) is 0 Å². The minimum Gasteiger partial charge on any atom is -0.309 e. The molecule has 12 heteroatoms. The Kier molecular flexibility index (Phi) is 11.7. The van der Waals surface area contributed by atoms with Crippen molar-refractivity contribution < 1.29 is 26.3 Å². The van der Waals surface area contributed by atoms with Crippen molar-refractivity contribution in [3.8, 4) is 45.3 Å². The van der Waals surface area contributed by atoms with Gasteiger partial charge >= 0.3 is 12.4 Å². The van der Waals surface area contributed by atoms with Crippen LogP contribution in [-0.2, 0) is 12.4 Å². The van der Waals surface area contributed by atoms with E-state index in [9.17, 15) is 0 Å². The summed E-state index contributed by atoms with van der Waals surface area (Å²) < 4.78 is 113. The quantitative estimate of drug-likeness (QED) is 0.142. The Hall–Kier alpha value is -12.5. The van der Waals surface area contributed by atoms with Gasteiger partial charge in [-0.15, -0.1) is 0 Å². The third kappa shape index (κ3) is 8.05. The summed E-state index contributed by atoms with van der Waals surface area (Å²) in [6.07, 6.45) is -9.93. The van der Waals surface area contributed by atoms with Crippen molar-refractivity contribution in [1.29, 1.82) is 0 Å². The van der Waals surface area contributed by atoms with Gasteiger partial charge in [-0.3, -0.25) is 0 Å². The van der Waals surface area contributed by atoms with Crippen molar-refractivity contribution in [1.82, 2.24) is 27.4 Å². The number of halogens is 6. The molecule has 466 valence electrons. The molecule has 98 heavy (non-hydrogen) atoms. The minimum atomic E-state index is -5.15. The van der Waals surface area contributed by atoms with Gasteiger partial charge < -0.3 is 27.4 Å². The summed E-state index contributed by atoms with van der Waals surface area (Å²) in [4.78, 5) is 0. The molecule has 0 saturated carbocycles. The number of nitrogens with zero attached hydrogens (tertiary/aromatic N) is 6. The largest absolute Gasteiger partial charge is 0.420 e. The molecular formula is C86H50F6N6. The number of para-hydroxylation sites is 8. The molecule has 0 aliphatic rings. The van der Waals surface area contributed by atoms with Gasteiger partial charge in [0.05, 0.1) is 83.1 Å². The molecule has 0 saturated heterocycles. The first-order chi connectivity index (χ1) is 47.9. The Morgan fingerprint density at radius 2 is 0.429 bits per heavy atom. The molecule has 6 nitrogen and oxygen atoms in total. The maximum Gasteiger partial charge on any atom is 0.420 e. The summed E-state index contributed by atoms with van der Waals surface area (Å²) in [7, 11) is 0. The lowest BCUT2D eigenvalue weighted by Gasteiger charge is -2.24. The van der Waals surface area contributed by atoms with E-state index in [1.54, 1.807) is 15.2 Å². The van der Waals surface area contributed by atoms with Gasteiger partial charge in [0.15, 0.2) is 0 Å². The number of benzene rings is 14. The molecule has 0 atom stereocenters. The van der Waals surface area contributed by atoms with Crippen molar-refractivity contribution in [2.24, 2.45) is 0 Å². The maximum atomic E-state index is 18.3. The minimum absolute atomic E-state index is 0.0754. The zero-order valence-corrected chi connectivity index (χ0v) is 51.8. The van der Waals surface area contributed by atoms with Crippen LogP contribution in [-0.4, -0.2) is 27.4 Å². The zero-order valence-electron chi connectivity index (χ0n) is 51.8. The van der Waals surface area contributed by atoms with Crippen molar-refractivity contribution in [3.05, 3.63) is 314 Å². The van der Waals surface area contributed by atoms with Crippen LogP contribution in [0.15, 0.2) is 303 Å². The van der Waals surface area contributed by atoms with E-state index in [0.29, 0.717) is 66.4 Å². The molecular weight excluding hydrogens is 1230 g/mol. The Labute approximate surface area is 553 Å². The van der Waals surface area contributed by atoms with Crippen LogP contribution in [0.1, 0.15) is 11.1 Å². The first kappa shape index (κ1) is 55.9. The molecule has 0 aliphatic carbocycles. The molecule has 14 aromatic carbocycles. The molecule has 0 radical (unpaired) electrons. The highest BCUT2D eigenvalue weighted by Crippen LogP contribution is 2.49. The zero-order chi connectivity index (χ0) is 65.4. The second-order valence-electron chi connectivity index (χ2n) is 25.4. The summed E-state index contributed by atoms with van der Waals surface area (Å²) in [5.74, 6) is 0. The maximum absolute atomic E-state index is 18.3. The topological polar surface area (TPSA) is 29.6 Å². The molecule has 0 unspecified atom stereocenters. The monoisotopic (exact) mass is 1280 g/mol. The molecule has 6 aromatic heterocycles. The van der Waals surface area contributed by atoms with Crippen LogP contribution < -0.4 is 0 Å². The van der Waals surface area contributed by atoms with E-state index in [-0.39, 0.29) is 22.5 Å². The fourth-order valence-electron chi connectivity index (χ4n) is 16.2. The van der Waals surface area contributed by atoms with E-state index in [1.165, 1.54) is 18.2 Å². The van der Waals surface area contributed by atoms with E-state index in [2.05, 4.69) is 66.8 Å². The van der Waals surface area contributed by atoms with Gasteiger partial charge in [0.1, 0.15) is 5.56 Å². The van der Waals surface area contributed by atoms with Crippen LogP contribution in [0.3, 0.4) is 0 Å². The van der Waals surface area contributed by atoms with Gasteiger partial charge in [-0.2, -0.15) is 26.3 Å². The van der Waals surface area contributed by atoms with Gasteiger partial charge in [-0.1, -0.05) is 182 Å². The van der Waals surface area contributed by atoms with Crippen LogP contribution in [0.5, 0.6) is 0 Å². The summed E-state index contributed by atoms with van der Waals surface area (Å²) in [6.45, 7) is 0. The van der Waals surface area contributed by atoms with E-state index in [1.807, 2.05) is 218 Å². The van der Waals surface area contributed by atoms with Gasteiger partial charge in [0, 0.05) is 87.4 Å². The highest BCUT2D eigenvalue weighted by molar-refractivity contribution is 6.17. The average molecular weight is 1280 g/mol. The van der Waals surface area contributed by atoms with E-state index >= 15 is 26.3 Å². The summed E-state index contributed by atoms with van der Waals surface area (Å²) in [5, 5.41) is 10.7. The van der Waals surface area contributed by atoms with Crippen LogP contribution >= 0.6 is 0 Å². The molecule has 0 spiro atoms. The Morgan fingerprint density at radius 3 is 0.673 bits per heavy atom. The molecule has 0 N–H and O–H groups in total. The Morgan fingerprint density at radius 1 is 0.184 bits per heavy atom. The van der Waals surface area contributed by atoms with Crippen molar-refractivity contribution in [2.45, 2.75) is 12.4 Å². The molecule has 0 aliphatic heterocycles. The summed E-state index contributed by atoms with van der Waals surface area (Å²) in [5.41, 5.74) is 9.50. The SMILES string of the molecule is FC(F)(F)c1cccc(-c2cc(-n3c4cc(-n5c6ccccc6c6ccccc65)ccc4c4ccc(-n5c6ccccc6c6ccccc65)cc43)c(C(F)(F)F)c(-n3c4cc(-n5c6ccccc6c6ccccc65)ccc4c4ccc(-n5c6ccccc6c6ccccc65)cc43)c2)c1. The third-order valence-corrected chi connectivity index (χ3v) is 20.2. The van der Waals surface area contributed by atoms with Gasteiger partial charge in [-0.25, -0.2) is 0 Å². The van der Waals surface area contributed by atoms with E-state index in [0.717, 1.165) is 99.4 Å². The summed E-state index contributed by atoms with van der Waals surface area (Å²) >= 11 is 0. The van der Waals surface area contributed by atoms with Gasteiger partial charge in [-0.05, 0) is 132 Å². The second-order valence-corrected chi connectivity index (χ2v) is 25.4. The number of hydrogen-bond acceptors (Lipinski definition) is 0. The molecule has 6 heterocycles. The van der Waals surface area contributed by atoms with Crippen LogP contribution in [0.25, 0.3) is 176 Å². The van der Waals surface area contributed by atoms with E-state index in [4.69, 9.17) is 0 Å². The van der Waals surface area contributed by atoms with Crippen LogP contribution in [0, 0.1) is 0 Å². The van der Waals surface area contributed by atoms with Crippen LogP contribution in [0.4, 0.5) is 26.3 Å². The van der Waals surface area contributed by atoms with Crippen LogP contribution in [0.2, 0.25) is 0 Å². The highest BCUT2D eigenvalue weighted by Gasteiger charge is 2.40. The number of aromatic nitrogens is 6. The third-order valence-electron chi connectivity index (χ3n) is 20.2. The number of hydrogen-bond donors (Lipinski definition) is 0. The molecule has 0 bridgehead atoms. The fraction of sp³-hybridized carbons (Fsp3) is 0.0233. The summed E-state index contributed by atoms with van der Waals surface area (Å²) in [6, 6.07) is 96.4. The number of fused-ring (bicyclic) bond motifs is 18. The predicted octanol–water partition coefficient (Wildman–Crippen LogP) is 24.0. The lowest BCUT2D eigenvalue weighted by Crippen LogP contribution is -2.16. The molecule has 0 fully saturated rings. The highest BCUT2D eigenvalue weighted by atomic mass is 19.4. The van der Waals surface area contributed by atoms with E-state index < -0.39 is 23.5 Å². The predicted molar refractivity (Wildman–Crippen MR) is 388 cm³/mol. The lowest BCUT2D eigenvalue weighted by atomic mass is 9.97.